The van der Waals surface area contributed by atoms with Crippen LogP contribution in [0.25, 0.3) is 11.3 Å². The second-order valence-corrected chi connectivity index (χ2v) is 6.85. The SMILES string of the molecule is Cc1sc(C(=O)N[C@H](CN)c2ccccc2)cc1-c1ccnn1C. The monoisotopic (exact) mass is 340 g/mol. The highest BCUT2D eigenvalue weighted by molar-refractivity contribution is 7.14. The van der Waals surface area contributed by atoms with Gasteiger partial charge in [0.15, 0.2) is 0 Å². The van der Waals surface area contributed by atoms with Crippen molar-refractivity contribution in [1.29, 1.82) is 0 Å². The van der Waals surface area contributed by atoms with E-state index in [9.17, 15) is 4.79 Å². The van der Waals surface area contributed by atoms with E-state index >= 15 is 0 Å². The van der Waals surface area contributed by atoms with Crippen molar-refractivity contribution in [2.45, 2.75) is 13.0 Å². The highest BCUT2D eigenvalue weighted by Crippen LogP contribution is 2.30. The zero-order valence-electron chi connectivity index (χ0n) is 13.7. The molecule has 2 aromatic heterocycles. The molecule has 2 heterocycles. The van der Waals surface area contributed by atoms with E-state index in [1.54, 1.807) is 6.20 Å². The molecule has 0 radical (unpaired) electrons. The molecule has 1 amide bonds. The van der Waals surface area contributed by atoms with Crippen molar-refractivity contribution in [3.8, 4) is 11.3 Å². The Morgan fingerprint density at radius 2 is 2.08 bits per heavy atom. The van der Waals surface area contributed by atoms with Crippen LogP contribution in [0.15, 0.2) is 48.7 Å². The molecule has 6 heteroatoms. The van der Waals surface area contributed by atoms with Gasteiger partial charge in [0, 0.05) is 30.2 Å². The smallest absolute Gasteiger partial charge is 0.261 e. The normalized spacial score (nSPS) is 12.1. The van der Waals surface area contributed by atoms with Crippen molar-refractivity contribution in [2.24, 2.45) is 12.8 Å². The highest BCUT2D eigenvalue weighted by atomic mass is 32.1. The van der Waals surface area contributed by atoms with E-state index in [1.165, 1.54) is 11.3 Å². The maximum absolute atomic E-state index is 12.6. The number of hydrogen-bond acceptors (Lipinski definition) is 4. The molecule has 0 saturated carbocycles. The molecule has 0 aliphatic rings. The number of benzene rings is 1. The lowest BCUT2D eigenvalue weighted by Crippen LogP contribution is -2.32. The molecule has 0 aliphatic carbocycles. The van der Waals surface area contributed by atoms with Gasteiger partial charge in [0.1, 0.15) is 0 Å². The average Bonchev–Trinajstić information content (AvgIpc) is 3.18. The summed E-state index contributed by atoms with van der Waals surface area (Å²) in [6.45, 7) is 2.37. The summed E-state index contributed by atoms with van der Waals surface area (Å²) in [4.78, 5) is 14.4. The van der Waals surface area contributed by atoms with Gasteiger partial charge in [0.25, 0.3) is 5.91 Å². The summed E-state index contributed by atoms with van der Waals surface area (Å²) in [5, 5.41) is 7.22. The number of aryl methyl sites for hydroxylation is 2. The van der Waals surface area contributed by atoms with Crippen molar-refractivity contribution in [3.63, 3.8) is 0 Å². The fourth-order valence-electron chi connectivity index (χ4n) is 2.68. The number of aromatic nitrogens is 2. The van der Waals surface area contributed by atoms with E-state index in [0.717, 1.165) is 21.7 Å². The molecule has 1 atom stereocenters. The Balaban J connectivity index is 1.82. The maximum atomic E-state index is 12.6. The summed E-state index contributed by atoms with van der Waals surface area (Å²) in [6, 6.07) is 13.5. The first-order valence-corrected chi connectivity index (χ1v) is 8.56. The van der Waals surface area contributed by atoms with E-state index in [2.05, 4.69) is 10.4 Å². The molecule has 3 rings (SSSR count). The molecule has 0 saturated heterocycles. The third-order valence-electron chi connectivity index (χ3n) is 3.98. The number of hydrogen-bond donors (Lipinski definition) is 2. The van der Waals surface area contributed by atoms with Crippen LogP contribution in [0.3, 0.4) is 0 Å². The fourth-order valence-corrected chi connectivity index (χ4v) is 3.61. The van der Waals surface area contributed by atoms with Crippen molar-refractivity contribution in [3.05, 3.63) is 64.0 Å². The molecule has 24 heavy (non-hydrogen) atoms. The van der Waals surface area contributed by atoms with E-state index in [4.69, 9.17) is 5.73 Å². The summed E-state index contributed by atoms with van der Waals surface area (Å²) >= 11 is 1.48. The number of nitrogens with one attached hydrogen (secondary N) is 1. The first-order chi connectivity index (χ1) is 11.6. The van der Waals surface area contributed by atoms with Crippen molar-refractivity contribution in [1.82, 2.24) is 15.1 Å². The number of thiophene rings is 1. The van der Waals surface area contributed by atoms with Crippen LogP contribution in [0, 0.1) is 6.92 Å². The Hall–Kier alpha value is -2.44. The Kier molecular flexibility index (Phi) is 4.78. The molecule has 0 unspecified atom stereocenters. The Morgan fingerprint density at radius 1 is 1.33 bits per heavy atom. The lowest BCUT2D eigenvalue weighted by molar-refractivity contribution is 0.0942. The van der Waals surface area contributed by atoms with Gasteiger partial charge in [-0.25, -0.2) is 0 Å². The molecular formula is C18H20N4OS. The number of nitrogens with two attached hydrogens (primary N) is 1. The lowest BCUT2D eigenvalue weighted by Gasteiger charge is -2.16. The molecule has 0 fully saturated rings. The molecule has 1 aromatic carbocycles. The average molecular weight is 340 g/mol. The van der Waals surface area contributed by atoms with E-state index in [1.807, 2.05) is 61.1 Å². The van der Waals surface area contributed by atoms with Crippen LogP contribution in [0.1, 0.15) is 26.2 Å². The summed E-state index contributed by atoms with van der Waals surface area (Å²) in [6.07, 6.45) is 1.76. The van der Waals surface area contributed by atoms with Gasteiger partial charge < -0.3 is 11.1 Å². The van der Waals surface area contributed by atoms with E-state index in [-0.39, 0.29) is 11.9 Å². The van der Waals surface area contributed by atoms with Gasteiger partial charge in [-0.15, -0.1) is 11.3 Å². The number of carbonyl (C=O) groups excluding carboxylic acids is 1. The Morgan fingerprint density at radius 3 is 2.71 bits per heavy atom. The number of rotatable bonds is 5. The van der Waals surface area contributed by atoms with Crippen LogP contribution >= 0.6 is 11.3 Å². The largest absolute Gasteiger partial charge is 0.343 e. The maximum Gasteiger partial charge on any atom is 0.261 e. The Bertz CT molecular complexity index is 838. The topological polar surface area (TPSA) is 72.9 Å². The minimum Gasteiger partial charge on any atom is -0.343 e. The molecule has 124 valence electrons. The molecule has 5 nitrogen and oxygen atoms in total. The number of nitrogens with zero attached hydrogens (tertiary/aromatic N) is 2. The molecule has 0 bridgehead atoms. The van der Waals surface area contributed by atoms with Gasteiger partial charge in [0.2, 0.25) is 0 Å². The number of carbonyl (C=O) groups is 1. The summed E-state index contributed by atoms with van der Waals surface area (Å²) in [7, 11) is 1.89. The molecule has 0 aliphatic heterocycles. The second-order valence-electron chi connectivity index (χ2n) is 5.59. The fraction of sp³-hybridized carbons (Fsp3) is 0.222. The van der Waals surface area contributed by atoms with Crippen molar-refractivity contribution < 1.29 is 4.79 Å². The molecular weight excluding hydrogens is 320 g/mol. The van der Waals surface area contributed by atoms with Gasteiger partial charge in [-0.1, -0.05) is 30.3 Å². The predicted molar refractivity (Wildman–Crippen MR) is 97.0 cm³/mol. The molecule has 3 aromatic rings. The first-order valence-electron chi connectivity index (χ1n) is 7.75. The third-order valence-corrected chi connectivity index (χ3v) is 5.03. The van der Waals surface area contributed by atoms with Crippen LogP contribution in [0.4, 0.5) is 0 Å². The standard InChI is InChI=1S/C18H20N4OS/c1-12-14(16-8-9-20-22(16)2)10-17(24-12)18(23)21-15(11-19)13-6-4-3-5-7-13/h3-10,15H,11,19H2,1-2H3,(H,21,23)/t15-/m1/s1. The van der Waals surface area contributed by atoms with Gasteiger partial charge in [-0.05, 0) is 24.6 Å². The van der Waals surface area contributed by atoms with Gasteiger partial charge in [-0.2, -0.15) is 5.10 Å². The zero-order valence-corrected chi connectivity index (χ0v) is 14.5. The Labute approximate surface area is 145 Å². The van der Waals surface area contributed by atoms with E-state index < -0.39 is 0 Å². The quantitative estimate of drug-likeness (QED) is 0.750. The minimum atomic E-state index is -0.193. The van der Waals surface area contributed by atoms with Crippen molar-refractivity contribution in [2.75, 3.05) is 6.54 Å². The zero-order chi connectivity index (χ0) is 17.1. The van der Waals surface area contributed by atoms with E-state index in [0.29, 0.717) is 11.4 Å². The van der Waals surface area contributed by atoms with Crippen LogP contribution in [-0.2, 0) is 7.05 Å². The van der Waals surface area contributed by atoms with Gasteiger partial charge in [-0.3, -0.25) is 9.48 Å². The predicted octanol–water partition coefficient (Wildman–Crippen LogP) is 2.89. The third kappa shape index (κ3) is 3.25. The first kappa shape index (κ1) is 16.4. The highest BCUT2D eigenvalue weighted by Gasteiger charge is 2.18. The molecule has 0 spiro atoms. The summed E-state index contributed by atoms with van der Waals surface area (Å²) < 4.78 is 1.81. The van der Waals surface area contributed by atoms with Gasteiger partial charge >= 0.3 is 0 Å². The summed E-state index contributed by atoms with van der Waals surface area (Å²) in [5.74, 6) is -0.101. The lowest BCUT2D eigenvalue weighted by atomic mass is 10.1. The van der Waals surface area contributed by atoms with Gasteiger partial charge in [0.05, 0.1) is 16.6 Å². The second kappa shape index (κ2) is 6.98. The van der Waals surface area contributed by atoms with Crippen molar-refractivity contribution >= 4 is 17.2 Å². The number of amides is 1. The van der Waals surface area contributed by atoms with Crippen LogP contribution in [-0.4, -0.2) is 22.2 Å². The van der Waals surface area contributed by atoms with Crippen LogP contribution in [0.2, 0.25) is 0 Å². The van der Waals surface area contributed by atoms with Crippen LogP contribution in [0.5, 0.6) is 0 Å². The summed E-state index contributed by atoms with van der Waals surface area (Å²) in [5.41, 5.74) is 8.89. The molecule has 3 N–H and O–H groups in total. The van der Waals surface area contributed by atoms with Crippen LogP contribution < -0.4 is 11.1 Å². The minimum absolute atomic E-state index is 0.101.